The van der Waals surface area contributed by atoms with Crippen LogP contribution in [0.5, 0.6) is 5.75 Å². The topological polar surface area (TPSA) is 79.7 Å². The third-order valence-corrected chi connectivity index (χ3v) is 5.30. The maximum Gasteiger partial charge on any atom is 0.342 e. The molecule has 1 amide bonds. The van der Waals surface area contributed by atoms with Crippen LogP contribution in [0, 0.1) is 0 Å². The number of aromatic nitrogens is 1. The predicted octanol–water partition coefficient (Wildman–Crippen LogP) is 3.07. The molecule has 25 heavy (non-hydrogen) atoms. The van der Waals surface area contributed by atoms with Gasteiger partial charge in [0.1, 0.15) is 17.9 Å². The highest BCUT2D eigenvalue weighted by atomic mass is 32.1. The molecule has 0 bridgehead atoms. The van der Waals surface area contributed by atoms with Crippen molar-refractivity contribution in [1.82, 2.24) is 4.98 Å². The predicted molar refractivity (Wildman–Crippen MR) is 95.1 cm³/mol. The molecule has 0 fully saturated rings. The van der Waals surface area contributed by atoms with Gasteiger partial charge in [-0.05, 0) is 48.9 Å². The Morgan fingerprint density at radius 2 is 1.96 bits per heavy atom. The summed E-state index contributed by atoms with van der Waals surface area (Å²) in [6.45, 7) is 1.46. The molecule has 1 aliphatic carbocycles. The molecule has 6 nitrogen and oxygen atoms in total. The standard InChI is InChI=1S/C18H20N2O4S/c1-11(21)20(2)18-19-14(10-25-18)9-24-17(23)15-7-12-5-3-4-6-13(12)8-16(15)22/h7-8,10,22H,3-6,9H2,1-2H3. The lowest BCUT2D eigenvalue weighted by Gasteiger charge is -2.17. The first-order valence-electron chi connectivity index (χ1n) is 8.16. The summed E-state index contributed by atoms with van der Waals surface area (Å²) in [6.07, 6.45) is 4.06. The Labute approximate surface area is 150 Å². The number of amides is 1. The molecular formula is C18H20N2O4S. The van der Waals surface area contributed by atoms with Crippen molar-refractivity contribution in [1.29, 1.82) is 0 Å². The zero-order valence-electron chi connectivity index (χ0n) is 14.2. The fourth-order valence-electron chi connectivity index (χ4n) is 2.80. The molecule has 3 rings (SSSR count). The molecule has 1 aromatic carbocycles. The van der Waals surface area contributed by atoms with E-state index >= 15 is 0 Å². The molecule has 1 aliphatic rings. The van der Waals surface area contributed by atoms with Crippen molar-refractivity contribution in [3.05, 3.63) is 39.9 Å². The Morgan fingerprint density at radius 3 is 2.64 bits per heavy atom. The normalized spacial score (nSPS) is 13.2. The first-order valence-corrected chi connectivity index (χ1v) is 9.04. The minimum absolute atomic E-state index is 0.00238. The van der Waals surface area contributed by atoms with E-state index < -0.39 is 5.97 Å². The number of hydrogen-bond donors (Lipinski definition) is 1. The maximum absolute atomic E-state index is 12.3. The molecule has 2 aromatic rings. The Morgan fingerprint density at radius 1 is 1.28 bits per heavy atom. The van der Waals surface area contributed by atoms with Crippen LogP contribution in [0.4, 0.5) is 5.13 Å². The van der Waals surface area contributed by atoms with E-state index in [9.17, 15) is 14.7 Å². The third-order valence-electron chi connectivity index (χ3n) is 4.33. The molecule has 7 heteroatoms. The monoisotopic (exact) mass is 360 g/mol. The van der Waals surface area contributed by atoms with Crippen molar-refractivity contribution in [3.8, 4) is 5.75 Å². The highest BCUT2D eigenvalue weighted by Gasteiger charge is 2.19. The summed E-state index contributed by atoms with van der Waals surface area (Å²) in [7, 11) is 1.64. The van der Waals surface area contributed by atoms with Crippen molar-refractivity contribution < 1.29 is 19.4 Å². The molecule has 1 N–H and O–H groups in total. The zero-order valence-corrected chi connectivity index (χ0v) is 15.1. The SMILES string of the molecule is CC(=O)N(C)c1nc(COC(=O)c2cc3c(cc2O)CCCC3)cs1. The summed E-state index contributed by atoms with van der Waals surface area (Å²) >= 11 is 1.31. The van der Waals surface area contributed by atoms with Crippen LogP contribution in [0.2, 0.25) is 0 Å². The second kappa shape index (κ2) is 7.23. The highest BCUT2D eigenvalue weighted by molar-refractivity contribution is 7.14. The van der Waals surface area contributed by atoms with Crippen LogP contribution in [-0.4, -0.2) is 29.0 Å². The number of hydrogen-bond acceptors (Lipinski definition) is 6. The number of carbonyl (C=O) groups excluding carboxylic acids is 2. The number of benzene rings is 1. The van der Waals surface area contributed by atoms with Crippen molar-refractivity contribution in [2.24, 2.45) is 0 Å². The summed E-state index contributed by atoms with van der Waals surface area (Å²) in [5.74, 6) is -0.724. The summed E-state index contributed by atoms with van der Waals surface area (Å²) in [5.41, 5.74) is 2.97. The zero-order chi connectivity index (χ0) is 18.0. The quantitative estimate of drug-likeness (QED) is 0.848. The van der Waals surface area contributed by atoms with Crippen LogP contribution in [0.1, 0.15) is 46.9 Å². The second-order valence-electron chi connectivity index (χ2n) is 6.12. The Balaban J connectivity index is 1.68. The van der Waals surface area contributed by atoms with E-state index in [2.05, 4.69) is 4.98 Å². The van der Waals surface area contributed by atoms with E-state index in [-0.39, 0.29) is 23.8 Å². The second-order valence-corrected chi connectivity index (χ2v) is 6.96. The van der Waals surface area contributed by atoms with Crippen LogP contribution < -0.4 is 4.90 Å². The van der Waals surface area contributed by atoms with E-state index in [0.29, 0.717) is 10.8 Å². The van der Waals surface area contributed by atoms with Gasteiger partial charge < -0.3 is 9.84 Å². The Kier molecular flexibility index (Phi) is 5.03. The van der Waals surface area contributed by atoms with Gasteiger partial charge in [-0.3, -0.25) is 9.69 Å². The van der Waals surface area contributed by atoms with Crippen LogP contribution in [0.15, 0.2) is 17.5 Å². The van der Waals surface area contributed by atoms with Crippen LogP contribution >= 0.6 is 11.3 Å². The number of fused-ring (bicyclic) bond motifs is 1. The molecule has 1 heterocycles. The van der Waals surface area contributed by atoms with Crippen molar-refractivity contribution in [2.45, 2.75) is 39.2 Å². The molecular weight excluding hydrogens is 340 g/mol. The smallest absolute Gasteiger partial charge is 0.342 e. The fraction of sp³-hybridized carbons (Fsp3) is 0.389. The number of aromatic hydroxyl groups is 1. The molecule has 0 saturated heterocycles. The number of carbonyl (C=O) groups is 2. The Hall–Kier alpha value is -2.41. The van der Waals surface area contributed by atoms with E-state index in [1.807, 2.05) is 0 Å². The van der Waals surface area contributed by atoms with Gasteiger partial charge in [-0.25, -0.2) is 9.78 Å². The molecule has 1 aromatic heterocycles. The minimum Gasteiger partial charge on any atom is -0.507 e. The molecule has 0 saturated carbocycles. The number of anilines is 1. The van der Waals surface area contributed by atoms with Crippen molar-refractivity contribution in [2.75, 3.05) is 11.9 Å². The van der Waals surface area contributed by atoms with E-state index in [4.69, 9.17) is 4.74 Å². The minimum atomic E-state index is -0.569. The average Bonchev–Trinajstić information content (AvgIpc) is 3.07. The van der Waals surface area contributed by atoms with Crippen LogP contribution in [-0.2, 0) is 29.0 Å². The lowest BCUT2D eigenvalue weighted by Crippen LogP contribution is -2.22. The third kappa shape index (κ3) is 3.82. The van der Waals surface area contributed by atoms with Crippen LogP contribution in [0.25, 0.3) is 0 Å². The molecule has 0 spiro atoms. The van der Waals surface area contributed by atoms with Gasteiger partial charge in [0.05, 0.1) is 5.69 Å². The number of thiazole rings is 1. The maximum atomic E-state index is 12.3. The Bertz CT molecular complexity index is 815. The number of aryl methyl sites for hydroxylation is 2. The van der Waals surface area contributed by atoms with Crippen molar-refractivity contribution in [3.63, 3.8) is 0 Å². The average molecular weight is 360 g/mol. The van der Waals surface area contributed by atoms with E-state index in [0.717, 1.165) is 36.8 Å². The van der Waals surface area contributed by atoms with E-state index in [1.54, 1.807) is 24.6 Å². The summed E-state index contributed by atoms with van der Waals surface area (Å²) in [6, 6.07) is 3.41. The number of phenolic OH excluding ortho intramolecular Hbond substituents is 1. The van der Waals surface area contributed by atoms with Gasteiger partial charge in [-0.15, -0.1) is 11.3 Å². The molecule has 0 atom stereocenters. The molecule has 0 radical (unpaired) electrons. The number of ether oxygens (including phenoxy) is 1. The van der Waals surface area contributed by atoms with Gasteiger partial charge in [0, 0.05) is 19.4 Å². The van der Waals surface area contributed by atoms with Gasteiger partial charge in [-0.1, -0.05) is 0 Å². The first-order chi connectivity index (χ1) is 12.0. The highest BCUT2D eigenvalue weighted by Crippen LogP contribution is 2.29. The lowest BCUT2D eigenvalue weighted by atomic mass is 9.90. The molecule has 0 unspecified atom stereocenters. The van der Waals surface area contributed by atoms with Gasteiger partial charge in [-0.2, -0.15) is 0 Å². The fourth-order valence-corrected chi connectivity index (χ4v) is 3.62. The van der Waals surface area contributed by atoms with Gasteiger partial charge in [0.25, 0.3) is 0 Å². The summed E-state index contributed by atoms with van der Waals surface area (Å²) < 4.78 is 5.28. The summed E-state index contributed by atoms with van der Waals surface area (Å²) in [4.78, 5) is 29.4. The largest absolute Gasteiger partial charge is 0.507 e. The first kappa shape index (κ1) is 17.4. The number of rotatable bonds is 4. The number of phenols is 1. The van der Waals surface area contributed by atoms with E-state index in [1.165, 1.54) is 23.2 Å². The number of esters is 1. The molecule has 0 aliphatic heterocycles. The lowest BCUT2D eigenvalue weighted by molar-refractivity contribution is -0.116. The van der Waals surface area contributed by atoms with Crippen LogP contribution in [0.3, 0.4) is 0 Å². The number of nitrogens with zero attached hydrogens (tertiary/aromatic N) is 2. The van der Waals surface area contributed by atoms with Gasteiger partial charge in [0.2, 0.25) is 5.91 Å². The molecule has 132 valence electrons. The van der Waals surface area contributed by atoms with Gasteiger partial charge in [0.15, 0.2) is 5.13 Å². The summed E-state index contributed by atoms with van der Waals surface area (Å²) in [5, 5.41) is 12.4. The van der Waals surface area contributed by atoms with Crippen molar-refractivity contribution >= 4 is 28.3 Å². The van der Waals surface area contributed by atoms with Gasteiger partial charge >= 0.3 is 5.97 Å².